The zero-order valence-corrected chi connectivity index (χ0v) is 13.4. The maximum absolute atomic E-state index is 13.1. The molecule has 136 valence electrons. The predicted molar refractivity (Wildman–Crippen MR) is 80.8 cm³/mol. The van der Waals surface area contributed by atoms with Crippen molar-refractivity contribution in [2.45, 2.75) is 38.4 Å². The summed E-state index contributed by atoms with van der Waals surface area (Å²) in [5.74, 6) is 0. The number of hydrogen-bond acceptors (Lipinski definition) is 1. The summed E-state index contributed by atoms with van der Waals surface area (Å²) < 4.78 is 84.0. The second-order valence-corrected chi connectivity index (χ2v) is 5.59. The van der Waals surface area contributed by atoms with Gasteiger partial charge in [-0.1, -0.05) is 36.4 Å². The van der Waals surface area contributed by atoms with Gasteiger partial charge in [0.25, 0.3) is 0 Å². The van der Waals surface area contributed by atoms with Crippen LogP contribution in [0.2, 0.25) is 0 Å². The summed E-state index contributed by atoms with van der Waals surface area (Å²) in [6, 6.07) is 9.72. The first-order valence-corrected chi connectivity index (χ1v) is 7.49. The Hall–Kier alpha value is -2.02. The third kappa shape index (κ3) is 4.54. The first kappa shape index (κ1) is 19.3. The van der Waals surface area contributed by atoms with E-state index in [1.165, 1.54) is 50.2 Å². The molecule has 0 aliphatic carbocycles. The van der Waals surface area contributed by atoms with Gasteiger partial charge in [-0.2, -0.15) is 26.3 Å². The van der Waals surface area contributed by atoms with E-state index in [0.29, 0.717) is 0 Å². The SMILES string of the molecule is C[C@@H](O[C@H](C)c1ccccc1C(F)(F)F)c1ccccc1C(F)(F)F. The van der Waals surface area contributed by atoms with Gasteiger partial charge in [0, 0.05) is 0 Å². The average molecular weight is 362 g/mol. The third-order valence-corrected chi connectivity index (χ3v) is 3.82. The molecule has 2 rings (SSSR count). The lowest BCUT2D eigenvalue weighted by Gasteiger charge is -2.24. The van der Waals surface area contributed by atoms with E-state index in [1.54, 1.807) is 0 Å². The topological polar surface area (TPSA) is 9.23 Å². The molecule has 0 unspecified atom stereocenters. The fourth-order valence-corrected chi connectivity index (χ4v) is 2.67. The molecule has 0 aliphatic rings. The van der Waals surface area contributed by atoms with Gasteiger partial charge in [-0.3, -0.25) is 0 Å². The minimum atomic E-state index is -4.57. The maximum Gasteiger partial charge on any atom is 0.416 e. The molecule has 2 atom stereocenters. The molecule has 0 radical (unpaired) electrons. The Morgan fingerprint density at radius 2 is 0.960 bits per heavy atom. The molecule has 0 spiro atoms. The summed E-state index contributed by atoms with van der Waals surface area (Å²) in [6.45, 7) is 2.77. The molecular weight excluding hydrogens is 346 g/mol. The van der Waals surface area contributed by atoms with Gasteiger partial charge in [-0.25, -0.2) is 0 Å². The van der Waals surface area contributed by atoms with E-state index in [9.17, 15) is 26.3 Å². The van der Waals surface area contributed by atoms with Crippen LogP contribution in [0.5, 0.6) is 0 Å². The first-order chi connectivity index (χ1) is 11.5. The number of hydrogen-bond donors (Lipinski definition) is 0. The lowest BCUT2D eigenvalue weighted by Crippen LogP contribution is -2.16. The van der Waals surface area contributed by atoms with Crippen LogP contribution in [-0.2, 0) is 17.1 Å². The van der Waals surface area contributed by atoms with E-state index in [0.717, 1.165) is 12.1 Å². The molecule has 0 saturated heterocycles. The van der Waals surface area contributed by atoms with Crippen molar-refractivity contribution in [3.63, 3.8) is 0 Å². The van der Waals surface area contributed by atoms with E-state index in [-0.39, 0.29) is 11.1 Å². The van der Waals surface area contributed by atoms with Crippen LogP contribution in [0.3, 0.4) is 0 Å². The number of rotatable bonds is 4. The molecule has 0 amide bonds. The van der Waals surface area contributed by atoms with Gasteiger partial charge in [-0.05, 0) is 37.1 Å². The summed E-state index contributed by atoms with van der Waals surface area (Å²) >= 11 is 0. The minimum absolute atomic E-state index is 0.119. The lowest BCUT2D eigenvalue weighted by molar-refractivity contribution is -0.140. The van der Waals surface area contributed by atoms with Crippen LogP contribution in [0.4, 0.5) is 26.3 Å². The van der Waals surface area contributed by atoms with Gasteiger partial charge in [0.15, 0.2) is 0 Å². The molecule has 0 bridgehead atoms. The Balaban J connectivity index is 2.30. The van der Waals surface area contributed by atoms with Crippen LogP contribution in [0, 0.1) is 0 Å². The molecule has 0 N–H and O–H groups in total. The summed E-state index contributed by atoms with van der Waals surface area (Å²) in [7, 11) is 0. The second-order valence-electron chi connectivity index (χ2n) is 5.59. The highest BCUT2D eigenvalue weighted by atomic mass is 19.4. The van der Waals surface area contributed by atoms with Crippen LogP contribution >= 0.6 is 0 Å². The molecular formula is C18H16F6O. The molecule has 25 heavy (non-hydrogen) atoms. The first-order valence-electron chi connectivity index (χ1n) is 7.49. The molecule has 0 heterocycles. The fraction of sp³-hybridized carbons (Fsp3) is 0.333. The van der Waals surface area contributed by atoms with Crippen molar-refractivity contribution in [1.29, 1.82) is 0 Å². The van der Waals surface area contributed by atoms with Gasteiger partial charge in [0.2, 0.25) is 0 Å². The van der Waals surface area contributed by atoms with Gasteiger partial charge < -0.3 is 4.74 Å². The van der Waals surface area contributed by atoms with E-state index >= 15 is 0 Å². The predicted octanol–water partition coefficient (Wildman–Crippen LogP) is 6.56. The van der Waals surface area contributed by atoms with E-state index < -0.39 is 35.7 Å². The number of halogens is 6. The zero-order valence-electron chi connectivity index (χ0n) is 13.4. The minimum Gasteiger partial charge on any atom is -0.366 e. The molecule has 1 nitrogen and oxygen atoms in total. The van der Waals surface area contributed by atoms with E-state index in [4.69, 9.17) is 4.74 Å². The normalized spacial score (nSPS) is 15.0. The van der Waals surface area contributed by atoms with Crippen molar-refractivity contribution in [3.8, 4) is 0 Å². The van der Waals surface area contributed by atoms with E-state index in [1.807, 2.05) is 0 Å². The summed E-state index contributed by atoms with van der Waals surface area (Å²) in [6.07, 6.45) is -11.2. The number of ether oxygens (including phenoxy) is 1. The molecule has 0 aromatic heterocycles. The zero-order chi connectivity index (χ0) is 18.8. The van der Waals surface area contributed by atoms with Crippen LogP contribution in [0.15, 0.2) is 48.5 Å². The molecule has 2 aromatic carbocycles. The summed E-state index contributed by atoms with van der Waals surface area (Å²) in [4.78, 5) is 0. The standard InChI is InChI=1S/C18H16F6O/c1-11(13-7-3-5-9-15(13)17(19,20)21)25-12(2)14-8-4-6-10-16(14)18(22,23)24/h3-12H,1-2H3/t11-,12-/m1/s1. The Morgan fingerprint density at radius 3 is 1.28 bits per heavy atom. The quantitative estimate of drug-likeness (QED) is 0.560. The lowest BCUT2D eigenvalue weighted by atomic mass is 10.0. The van der Waals surface area contributed by atoms with Crippen LogP contribution < -0.4 is 0 Å². The summed E-state index contributed by atoms with van der Waals surface area (Å²) in [5, 5.41) is 0. The smallest absolute Gasteiger partial charge is 0.366 e. The van der Waals surface area contributed by atoms with Crippen molar-refractivity contribution in [1.82, 2.24) is 0 Å². The van der Waals surface area contributed by atoms with Crippen LogP contribution in [0.25, 0.3) is 0 Å². The molecule has 0 saturated carbocycles. The number of benzene rings is 2. The van der Waals surface area contributed by atoms with Crippen molar-refractivity contribution in [2.24, 2.45) is 0 Å². The number of alkyl halides is 6. The maximum atomic E-state index is 13.1. The van der Waals surface area contributed by atoms with Gasteiger partial charge in [-0.15, -0.1) is 0 Å². The molecule has 0 aliphatic heterocycles. The molecule has 0 fully saturated rings. The van der Waals surface area contributed by atoms with Crippen molar-refractivity contribution in [3.05, 3.63) is 70.8 Å². The molecule has 7 heteroatoms. The van der Waals surface area contributed by atoms with Crippen molar-refractivity contribution in [2.75, 3.05) is 0 Å². The fourth-order valence-electron chi connectivity index (χ4n) is 2.67. The third-order valence-electron chi connectivity index (χ3n) is 3.82. The average Bonchev–Trinajstić information content (AvgIpc) is 2.53. The highest BCUT2D eigenvalue weighted by Crippen LogP contribution is 2.39. The Bertz CT molecular complexity index is 658. The Labute approximate surface area is 141 Å². The Morgan fingerprint density at radius 1 is 0.640 bits per heavy atom. The van der Waals surface area contributed by atoms with Gasteiger partial charge >= 0.3 is 12.4 Å². The second kappa shape index (κ2) is 7.07. The van der Waals surface area contributed by atoms with Gasteiger partial charge in [0.1, 0.15) is 0 Å². The van der Waals surface area contributed by atoms with E-state index in [2.05, 4.69) is 0 Å². The van der Waals surface area contributed by atoms with Crippen LogP contribution in [0.1, 0.15) is 48.3 Å². The van der Waals surface area contributed by atoms with Gasteiger partial charge in [0.05, 0.1) is 23.3 Å². The largest absolute Gasteiger partial charge is 0.416 e. The highest BCUT2D eigenvalue weighted by Gasteiger charge is 2.36. The molecule has 2 aromatic rings. The summed E-state index contributed by atoms with van der Waals surface area (Å²) in [5.41, 5.74) is -1.96. The van der Waals surface area contributed by atoms with Crippen molar-refractivity contribution >= 4 is 0 Å². The van der Waals surface area contributed by atoms with Crippen LogP contribution in [-0.4, -0.2) is 0 Å². The highest BCUT2D eigenvalue weighted by molar-refractivity contribution is 5.33. The Kier molecular flexibility index (Phi) is 5.46. The monoisotopic (exact) mass is 362 g/mol. The van der Waals surface area contributed by atoms with Crippen molar-refractivity contribution < 1.29 is 31.1 Å².